The highest BCUT2D eigenvalue weighted by molar-refractivity contribution is 5.16. The van der Waals surface area contributed by atoms with Crippen LogP contribution in [-0.2, 0) is 17.9 Å². The first-order valence-corrected chi connectivity index (χ1v) is 6.57. The number of ether oxygens (including phenoxy) is 1. The van der Waals surface area contributed by atoms with Crippen LogP contribution in [0.4, 0.5) is 0 Å². The molecule has 17 heavy (non-hydrogen) atoms. The summed E-state index contributed by atoms with van der Waals surface area (Å²) in [4.78, 5) is 0. The monoisotopic (exact) mass is 237 g/mol. The zero-order valence-electron chi connectivity index (χ0n) is 11.0. The van der Waals surface area contributed by atoms with Crippen molar-refractivity contribution in [3.8, 4) is 0 Å². The SMILES string of the molecule is CC(C)C(C)OCc1occc1CNC1CC1. The van der Waals surface area contributed by atoms with Crippen LogP contribution in [0, 0.1) is 5.92 Å². The average Bonchev–Trinajstić information content (AvgIpc) is 3.02. The molecule has 3 nitrogen and oxygen atoms in total. The molecule has 1 N–H and O–H groups in total. The normalized spacial score (nSPS) is 17.6. The number of hydrogen-bond donors (Lipinski definition) is 1. The molecular formula is C14H23NO2. The Hall–Kier alpha value is -0.800. The van der Waals surface area contributed by atoms with Crippen LogP contribution in [0.25, 0.3) is 0 Å². The lowest BCUT2D eigenvalue weighted by molar-refractivity contribution is 0.0144. The molecule has 0 bridgehead atoms. The van der Waals surface area contributed by atoms with Crippen LogP contribution in [0.15, 0.2) is 16.7 Å². The first-order chi connectivity index (χ1) is 8.16. The van der Waals surface area contributed by atoms with Crippen LogP contribution in [0.3, 0.4) is 0 Å². The number of nitrogens with one attached hydrogen (secondary N) is 1. The number of hydrogen-bond acceptors (Lipinski definition) is 3. The van der Waals surface area contributed by atoms with E-state index in [1.165, 1.54) is 18.4 Å². The third-order valence-electron chi connectivity index (χ3n) is 3.41. The molecule has 1 atom stereocenters. The first-order valence-electron chi connectivity index (χ1n) is 6.57. The van der Waals surface area contributed by atoms with E-state index < -0.39 is 0 Å². The number of rotatable bonds is 7. The van der Waals surface area contributed by atoms with Crippen molar-refractivity contribution in [2.75, 3.05) is 0 Å². The van der Waals surface area contributed by atoms with Gasteiger partial charge in [-0.3, -0.25) is 0 Å². The molecule has 1 fully saturated rings. The van der Waals surface area contributed by atoms with Gasteiger partial charge in [-0.2, -0.15) is 0 Å². The summed E-state index contributed by atoms with van der Waals surface area (Å²) >= 11 is 0. The van der Waals surface area contributed by atoms with E-state index in [1.54, 1.807) is 6.26 Å². The molecule has 1 heterocycles. The number of furan rings is 1. The van der Waals surface area contributed by atoms with Crippen molar-refractivity contribution in [1.82, 2.24) is 5.32 Å². The maximum atomic E-state index is 5.79. The van der Waals surface area contributed by atoms with Crippen LogP contribution in [0.2, 0.25) is 0 Å². The Kier molecular flexibility index (Phi) is 4.24. The van der Waals surface area contributed by atoms with E-state index in [-0.39, 0.29) is 6.10 Å². The Morgan fingerprint density at radius 3 is 2.82 bits per heavy atom. The molecule has 1 aliphatic carbocycles. The highest BCUT2D eigenvalue weighted by Gasteiger charge is 2.21. The Balaban J connectivity index is 1.80. The fraction of sp³-hybridized carbons (Fsp3) is 0.714. The van der Waals surface area contributed by atoms with E-state index in [1.807, 2.05) is 6.07 Å². The second kappa shape index (κ2) is 5.69. The van der Waals surface area contributed by atoms with E-state index in [2.05, 4.69) is 26.1 Å². The fourth-order valence-electron chi connectivity index (χ4n) is 1.59. The third-order valence-corrected chi connectivity index (χ3v) is 3.41. The van der Waals surface area contributed by atoms with Crippen molar-refractivity contribution in [1.29, 1.82) is 0 Å². The molecule has 2 rings (SSSR count). The van der Waals surface area contributed by atoms with Gasteiger partial charge in [0.1, 0.15) is 12.4 Å². The van der Waals surface area contributed by atoms with Gasteiger partial charge in [0.15, 0.2) is 0 Å². The summed E-state index contributed by atoms with van der Waals surface area (Å²) in [6, 6.07) is 2.77. The van der Waals surface area contributed by atoms with Crippen molar-refractivity contribution in [3.63, 3.8) is 0 Å². The zero-order chi connectivity index (χ0) is 12.3. The van der Waals surface area contributed by atoms with Crippen LogP contribution in [-0.4, -0.2) is 12.1 Å². The van der Waals surface area contributed by atoms with Crippen molar-refractivity contribution in [2.45, 2.75) is 58.9 Å². The summed E-state index contributed by atoms with van der Waals surface area (Å²) in [5.74, 6) is 1.50. The molecule has 1 saturated carbocycles. The van der Waals surface area contributed by atoms with Gasteiger partial charge >= 0.3 is 0 Å². The third kappa shape index (κ3) is 3.86. The van der Waals surface area contributed by atoms with Crippen LogP contribution >= 0.6 is 0 Å². The molecule has 0 amide bonds. The Morgan fingerprint density at radius 2 is 2.18 bits per heavy atom. The van der Waals surface area contributed by atoms with Crippen molar-refractivity contribution in [3.05, 3.63) is 23.7 Å². The summed E-state index contributed by atoms with van der Waals surface area (Å²) in [6.45, 7) is 7.92. The Morgan fingerprint density at radius 1 is 1.41 bits per heavy atom. The van der Waals surface area contributed by atoms with E-state index >= 15 is 0 Å². The highest BCUT2D eigenvalue weighted by Crippen LogP contribution is 2.21. The minimum Gasteiger partial charge on any atom is -0.467 e. The summed E-state index contributed by atoms with van der Waals surface area (Å²) in [7, 11) is 0. The largest absolute Gasteiger partial charge is 0.467 e. The van der Waals surface area contributed by atoms with Gasteiger partial charge in [0.05, 0.1) is 12.4 Å². The first kappa shape index (κ1) is 12.7. The Labute approximate surface area is 104 Å². The van der Waals surface area contributed by atoms with Crippen molar-refractivity contribution < 1.29 is 9.15 Å². The second-order valence-electron chi connectivity index (χ2n) is 5.28. The molecule has 0 aromatic carbocycles. The fourth-order valence-corrected chi connectivity index (χ4v) is 1.59. The molecule has 0 aliphatic heterocycles. The average molecular weight is 237 g/mol. The van der Waals surface area contributed by atoms with E-state index in [4.69, 9.17) is 9.15 Å². The van der Waals surface area contributed by atoms with Crippen molar-refractivity contribution in [2.24, 2.45) is 5.92 Å². The quantitative estimate of drug-likeness (QED) is 0.791. The van der Waals surface area contributed by atoms with E-state index in [0.717, 1.165) is 18.3 Å². The Bertz CT molecular complexity index is 342. The second-order valence-corrected chi connectivity index (χ2v) is 5.28. The van der Waals surface area contributed by atoms with Gasteiger partial charge in [0, 0.05) is 18.2 Å². The maximum absolute atomic E-state index is 5.79. The maximum Gasteiger partial charge on any atom is 0.133 e. The van der Waals surface area contributed by atoms with Crippen LogP contribution in [0.5, 0.6) is 0 Å². The van der Waals surface area contributed by atoms with Crippen LogP contribution in [0.1, 0.15) is 44.9 Å². The summed E-state index contributed by atoms with van der Waals surface area (Å²) < 4.78 is 11.3. The van der Waals surface area contributed by atoms with Gasteiger partial charge in [-0.25, -0.2) is 0 Å². The molecule has 1 aliphatic rings. The molecule has 0 radical (unpaired) electrons. The predicted octanol–water partition coefficient (Wildman–Crippen LogP) is 3.09. The smallest absolute Gasteiger partial charge is 0.133 e. The molecular weight excluding hydrogens is 214 g/mol. The van der Waals surface area contributed by atoms with Gasteiger partial charge in [-0.15, -0.1) is 0 Å². The van der Waals surface area contributed by atoms with Gasteiger partial charge in [-0.05, 0) is 31.7 Å². The zero-order valence-corrected chi connectivity index (χ0v) is 11.0. The summed E-state index contributed by atoms with van der Waals surface area (Å²) in [6.07, 6.45) is 4.65. The molecule has 96 valence electrons. The van der Waals surface area contributed by atoms with E-state index in [0.29, 0.717) is 12.5 Å². The van der Waals surface area contributed by atoms with E-state index in [9.17, 15) is 0 Å². The van der Waals surface area contributed by atoms with Gasteiger partial charge in [0.25, 0.3) is 0 Å². The molecule has 1 unspecified atom stereocenters. The van der Waals surface area contributed by atoms with Gasteiger partial charge in [-0.1, -0.05) is 13.8 Å². The minimum absolute atomic E-state index is 0.268. The standard InChI is InChI=1S/C14H23NO2/c1-10(2)11(3)17-9-14-12(6-7-16-14)8-15-13-4-5-13/h6-7,10-11,13,15H,4-5,8-9H2,1-3H3. The van der Waals surface area contributed by atoms with Gasteiger partial charge in [0.2, 0.25) is 0 Å². The lowest BCUT2D eigenvalue weighted by atomic mass is 10.1. The predicted molar refractivity (Wildman–Crippen MR) is 67.7 cm³/mol. The molecule has 0 saturated heterocycles. The molecule has 1 aromatic heterocycles. The molecule has 3 heteroatoms. The molecule has 1 aromatic rings. The highest BCUT2D eigenvalue weighted by atomic mass is 16.5. The minimum atomic E-state index is 0.268. The molecule has 0 spiro atoms. The van der Waals surface area contributed by atoms with Crippen molar-refractivity contribution >= 4 is 0 Å². The lowest BCUT2D eigenvalue weighted by Crippen LogP contribution is -2.17. The topological polar surface area (TPSA) is 34.4 Å². The van der Waals surface area contributed by atoms with Gasteiger partial charge < -0.3 is 14.5 Å². The summed E-state index contributed by atoms with van der Waals surface area (Å²) in [5, 5.41) is 3.49. The summed E-state index contributed by atoms with van der Waals surface area (Å²) in [5.41, 5.74) is 1.23. The lowest BCUT2D eigenvalue weighted by Gasteiger charge is -2.16. The van der Waals surface area contributed by atoms with Crippen LogP contribution < -0.4 is 5.32 Å².